The summed E-state index contributed by atoms with van der Waals surface area (Å²) < 4.78 is 2.12. The average Bonchev–Trinajstić information content (AvgIpc) is 2.91. The van der Waals surface area contributed by atoms with E-state index in [0.29, 0.717) is 5.57 Å². The van der Waals surface area contributed by atoms with Crippen LogP contribution in [-0.2, 0) is 0 Å². The average molecular weight is 650 g/mol. The van der Waals surface area contributed by atoms with Crippen LogP contribution in [0.4, 0.5) is 0 Å². The summed E-state index contributed by atoms with van der Waals surface area (Å²) >= 11 is 7.92. The highest BCUT2D eigenvalue weighted by Gasteiger charge is 2.59. The third kappa shape index (κ3) is 3.34. The van der Waals surface area contributed by atoms with Gasteiger partial charge in [-0.25, -0.2) is 0 Å². The van der Waals surface area contributed by atoms with E-state index < -0.39 is 0 Å². The standard InChI is InChI=1S/C37H30Br2O/c1-35(2,3)24-17-26-20-31(38)29-16-23(15-25-19-32(39)30(18-24)37(26,5)36(25,29)4)34(40)33-27-12-8-6-10-21(27)14-22-11-7-9-13-28(22)33/h6-20H,1-5H3/t36-,37+/m1/s1. The van der Waals surface area contributed by atoms with Gasteiger partial charge in [0, 0.05) is 30.9 Å². The van der Waals surface area contributed by atoms with Crippen molar-refractivity contribution in [3.8, 4) is 0 Å². The van der Waals surface area contributed by atoms with Crippen LogP contribution in [0.5, 0.6) is 0 Å². The van der Waals surface area contributed by atoms with Crippen molar-refractivity contribution >= 4 is 59.2 Å². The van der Waals surface area contributed by atoms with Crippen molar-refractivity contribution in [1.29, 1.82) is 0 Å². The van der Waals surface area contributed by atoms with Gasteiger partial charge in [-0.2, -0.15) is 0 Å². The Hall–Kier alpha value is -3.01. The maximum absolute atomic E-state index is 14.6. The van der Waals surface area contributed by atoms with Crippen LogP contribution in [0.2, 0.25) is 0 Å². The lowest BCUT2D eigenvalue weighted by molar-refractivity contribution is 0.103. The van der Waals surface area contributed by atoms with E-state index >= 15 is 0 Å². The Morgan fingerprint density at radius 3 is 1.95 bits per heavy atom. The lowest BCUT2D eigenvalue weighted by Gasteiger charge is -2.58. The van der Waals surface area contributed by atoms with E-state index in [2.05, 4.69) is 133 Å². The molecule has 0 N–H and O–H groups in total. The lowest BCUT2D eigenvalue weighted by Crippen LogP contribution is -2.49. The first kappa shape index (κ1) is 25.9. The Morgan fingerprint density at radius 1 is 0.725 bits per heavy atom. The molecule has 0 fully saturated rings. The first-order valence-electron chi connectivity index (χ1n) is 13.8. The van der Waals surface area contributed by atoms with Gasteiger partial charge in [0.25, 0.3) is 0 Å². The molecule has 3 heteroatoms. The van der Waals surface area contributed by atoms with Gasteiger partial charge in [-0.15, -0.1) is 0 Å². The molecule has 0 spiro atoms. The van der Waals surface area contributed by atoms with Crippen LogP contribution in [0.3, 0.4) is 0 Å². The predicted octanol–water partition coefficient (Wildman–Crippen LogP) is 10.8. The van der Waals surface area contributed by atoms with Crippen molar-refractivity contribution in [1.82, 2.24) is 0 Å². The number of ketones is 1. The summed E-state index contributed by atoms with van der Waals surface area (Å²) in [5, 5.41) is 4.13. The zero-order chi connectivity index (χ0) is 28.2. The van der Waals surface area contributed by atoms with E-state index in [9.17, 15) is 4.79 Å². The molecule has 0 aliphatic heterocycles. The number of halogens is 2. The molecule has 0 saturated heterocycles. The highest BCUT2D eigenvalue weighted by atomic mass is 79.9. The number of rotatable bonds is 2. The van der Waals surface area contributed by atoms with Crippen molar-refractivity contribution in [2.45, 2.75) is 34.6 Å². The second-order valence-electron chi connectivity index (χ2n) is 12.7. The van der Waals surface area contributed by atoms with Crippen LogP contribution >= 0.6 is 31.9 Å². The molecule has 4 aliphatic rings. The van der Waals surface area contributed by atoms with Gasteiger partial charge in [-0.3, -0.25) is 4.79 Å². The molecule has 0 heterocycles. The summed E-state index contributed by atoms with van der Waals surface area (Å²) in [4.78, 5) is 14.6. The minimum atomic E-state index is -0.330. The van der Waals surface area contributed by atoms with Gasteiger partial charge < -0.3 is 0 Å². The normalized spacial score (nSPS) is 25.5. The summed E-state index contributed by atoms with van der Waals surface area (Å²) in [7, 11) is 0. The molecule has 3 aromatic carbocycles. The molecule has 0 saturated carbocycles. The molecule has 0 bridgehead atoms. The van der Waals surface area contributed by atoms with Gasteiger partial charge in [0.15, 0.2) is 5.78 Å². The van der Waals surface area contributed by atoms with Crippen molar-refractivity contribution in [3.05, 3.63) is 139 Å². The number of allylic oxidation sites excluding steroid dienone is 14. The van der Waals surface area contributed by atoms with Crippen LogP contribution in [0.1, 0.15) is 45.0 Å². The van der Waals surface area contributed by atoms with E-state index in [1.165, 1.54) is 16.7 Å². The van der Waals surface area contributed by atoms with Gasteiger partial charge in [0.2, 0.25) is 0 Å². The molecule has 3 aromatic rings. The minimum Gasteiger partial charge on any atom is -0.289 e. The smallest absolute Gasteiger partial charge is 0.194 e. The fourth-order valence-corrected chi connectivity index (χ4v) is 8.63. The van der Waals surface area contributed by atoms with Crippen molar-refractivity contribution in [2.75, 3.05) is 0 Å². The molecule has 1 nitrogen and oxygen atoms in total. The summed E-state index contributed by atoms with van der Waals surface area (Å²) in [6, 6.07) is 18.6. The van der Waals surface area contributed by atoms with Gasteiger partial charge in [0.1, 0.15) is 0 Å². The Balaban J connectivity index is 1.49. The number of hydrogen-bond acceptors (Lipinski definition) is 1. The van der Waals surface area contributed by atoms with Crippen LogP contribution in [0, 0.1) is 16.2 Å². The molecule has 40 heavy (non-hydrogen) atoms. The highest BCUT2D eigenvalue weighted by Crippen LogP contribution is 2.69. The maximum atomic E-state index is 14.6. The van der Waals surface area contributed by atoms with Gasteiger partial charge in [-0.05, 0) is 85.2 Å². The van der Waals surface area contributed by atoms with E-state index in [0.717, 1.165) is 47.2 Å². The number of Topliss-reactive ketones (excluding diaryl/α,β-unsaturated/α-hetero) is 1. The fraction of sp³-hybridized carbons (Fsp3) is 0.216. The second-order valence-corrected chi connectivity index (χ2v) is 14.4. The Labute approximate surface area is 252 Å². The molecular weight excluding hydrogens is 620 g/mol. The number of benzene rings is 3. The summed E-state index contributed by atoms with van der Waals surface area (Å²) in [5.74, 6) is 0.0553. The Morgan fingerprint density at radius 2 is 1.32 bits per heavy atom. The van der Waals surface area contributed by atoms with Crippen LogP contribution in [0.15, 0.2) is 133 Å². The summed E-state index contributed by atoms with van der Waals surface area (Å²) in [5.41, 5.74) is 7.13. The highest BCUT2D eigenvalue weighted by molar-refractivity contribution is 9.12. The topological polar surface area (TPSA) is 17.1 Å². The number of carbonyl (C=O) groups is 1. The largest absolute Gasteiger partial charge is 0.289 e. The van der Waals surface area contributed by atoms with E-state index in [-0.39, 0.29) is 22.0 Å². The van der Waals surface area contributed by atoms with Crippen molar-refractivity contribution < 1.29 is 4.79 Å². The van der Waals surface area contributed by atoms with Crippen LogP contribution in [-0.4, -0.2) is 5.78 Å². The van der Waals surface area contributed by atoms with Crippen LogP contribution in [0.25, 0.3) is 21.5 Å². The van der Waals surface area contributed by atoms with Gasteiger partial charge in [-0.1, -0.05) is 127 Å². The molecule has 4 aliphatic carbocycles. The molecule has 0 aromatic heterocycles. The molecule has 7 rings (SSSR count). The van der Waals surface area contributed by atoms with Crippen LogP contribution < -0.4 is 0 Å². The Bertz CT molecular complexity index is 1880. The molecular formula is C37H30Br2O. The summed E-state index contributed by atoms with van der Waals surface area (Å²) in [6.07, 6.45) is 13.5. The number of carbonyl (C=O) groups excluding carboxylic acids is 1. The molecule has 0 unspecified atom stereocenters. The van der Waals surface area contributed by atoms with Crippen molar-refractivity contribution in [3.63, 3.8) is 0 Å². The second kappa shape index (κ2) is 8.50. The van der Waals surface area contributed by atoms with Gasteiger partial charge in [0.05, 0.1) is 0 Å². The number of fused-ring (bicyclic) bond motifs is 2. The monoisotopic (exact) mass is 648 g/mol. The zero-order valence-corrected chi connectivity index (χ0v) is 26.5. The third-order valence-corrected chi connectivity index (χ3v) is 11.0. The maximum Gasteiger partial charge on any atom is 0.194 e. The first-order chi connectivity index (χ1) is 18.9. The molecule has 198 valence electrons. The van der Waals surface area contributed by atoms with E-state index in [1.54, 1.807) is 0 Å². The lowest BCUT2D eigenvalue weighted by atomic mass is 9.46. The van der Waals surface area contributed by atoms with Gasteiger partial charge >= 0.3 is 0 Å². The molecule has 0 amide bonds. The zero-order valence-electron chi connectivity index (χ0n) is 23.3. The molecule has 0 radical (unpaired) electrons. The molecule has 2 atom stereocenters. The summed E-state index contributed by atoms with van der Waals surface area (Å²) in [6.45, 7) is 11.5. The SMILES string of the molecule is CC(C)(C)C1=CC2=C(Br)C=C3C=C(C(=O)c4c5ccccc5cc5ccccc45)C=C4C(Br)=CC(=C1)[C@]2(C)[C@]34C. The van der Waals surface area contributed by atoms with Crippen molar-refractivity contribution in [2.24, 2.45) is 16.2 Å². The fourth-order valence-electron chi connectivity index (χ4n) is 7.12. The Kier molecular flexibility index (Phi) is 5.51. The van der Waals surface area contributed by atoms with E-state index in [4.69, 9.17) is 0 Å². The van der Waals surface area contributed by atoms with E-state index in [1.807, 2.05) is 24.3 Å². The minimum absolute atomic E-state index is 0.0310. The quantitative estimate of drug-likeness (QED) is 0.199. The number of hydrogen-bond donors (Lipinski definition) is 0. The first-order valence-corrected chi connectivity index (χ1v) is 15.4. The predicted molar refractivity (Wildman–Crippen MR) is 175 cm³/mol. The third-order valence-electron chi connectivity index (χ3n) is 9.66.